The molecule has 1 aliphatic heterocycles. The van der Waals surface area contributed by atoms with Gasteiger partial charge in [-0.3, -0.25) is 14.5 Å². The van der Waals surface area contributed by atoms with E-state index >= 15 is 0 Å². The minimum Gasteiger partial charge on any atom is -0.457 e. The van der Waals surface area contributed by atoms with Gasteiger partial charge in [0, 0.05) is 84.9 Å². The summed E-state index contributed by atoms with van der Waals surface area (Å²) in [4.78, 5) is 15.6. The molecule has 7 nitrogen and oxygen atoms in total. The van der Waals surface area contributed by atoms with Crippen molar-refractivity contribution in [3.05, 3.63) is 253 Å². The normalized spacial score (nSPS) is 14.6. The van der Waals surface area contributed by atoms with Gasteiger partial charge in [-0.1, -0.05) is 127 Å². The van der Waals surface area contributed by atoms with Gasteiger partial charge in [-0.2, -0.15) is 0 Å². The molecule has 0 radical (unpaired) electrons. The number of hydrogen-bond donors (Lipinski definition) is 0. The number of pyridine rings is 3. The molecule has 14 aromatic rings. The molecule has 0 saturated carbocycles. The fourth-order valence-corrected chi connectivity index (χ4v) is 12.4. The Morgan fingerprint density at radius 2 is 0.873 bits per heavy atom. The number of ether oxygens (including phenoxy) is 1. The van der Waals surface area contributed by atoms with E-state index in [0.29, 0.717) is 0 Å². The van der Waals surface area contributed by atoms with Crippen LogP contribution in [0.25, 0.3) is 105 Å². The smallest absolute Gasteiger partial charge is 0.162 e. The Hall–Kier alpha value is -9.59. The Labute approximate surface area is 406 Å². The standard InChI is InChI=1S/C64H38N6O/c1-7-22-52-42(15-1)43-16-2-8-23-53(43)68(52)41-30-31-49-60(37-41)71-59-28-12-6-20-48(59)64(49)50-21-13-33-65-61(50)62-51(64)36-40(38-67-62)39-29-32-57-47(35-39)46-19-5-9-24-54(46)69(57)58-27-14-34-66-63(58)70-55-25-10-3-17-44(55)45-18-4-11-26-56(45)70/h1-38H. The quantitative estimate of drug-likeness (QED) is 0.176. The summed E-state index contributed by atoms with van der Waals surface area (Å²) in [6, 6.07) is 76.1. The molecule has 6 aromatic heterocycles. The third-order valence-electron chi connectivity index (χ3n) is 15.3. The van der Waals surface area contributed by atoms with Crippen LogP contribution in [-0.2, 0) is 5.41 Å². The number of rotatable bonds is 4. The van der Waals surface area contributed by atoms with E-state index in [4.69, 9.17) is 19.7 Å². The number of fused-ring (bicyclic) bond motifs is 18. The highest BCUT2D eigenvalue weighted by molar-refractivity contribution is 6.13. The van der Waals surface area contributed by atoms with Crippen molar-refractivity contribution >= 4 is 65.4 Å². The summed E-state index contributed by atoms with van der Waals surface area (Å²) in [5, 5.41) is 7.15. The zero-order chi connectivity index (χ0) is 46.4. The lowest BCUT2D eigenvalue weighted by molar-refractivity contribution is 0.436. The fraction of sp³-hybridized carbons (Fsp3) is 0.0156. The third kappa shape index (κ3) is 5.08. The van der Waals surface area contributed by atoms with Gasteiger partial charge in [0.2, 0.25) is 0 Å². The minimum absolute atomic E-state index is 0.755. The van der Waals surface area contributed by atoms with Gasteiger partial charge in [-0.25, -0.2) is 4.98 Å². The van der Waals surface area contributed by atoms with E-state index < -0.39 is 5.41 Å². The van der Waals surface area contributed by atoms with E-state index in [1.165, 1.54) is 21.5 Å². The molecule has 0 amide bonds. The predicted molar refractivity (Wildman–Crippen MR) is 286 cm³/mol. The summed E-state index contributed by atoms with van der Waals surface area (Å²) in [5.74, 6) is 2.50. The van der Waals surface area contributed by atoms with E-state index in [9.17, 15) is 0 Å². The Balaban J connectivity index is 0.897. The summed E-state index contributed by atoms with van der Waals surface area (Å²) in [7, 11) is 0. The molecular formula is C64H38N6O. The second kappa shape index (κ2) is 14.2. The zero-order valence-electron chi connectivity index (χ0n) is 38.0. The van der Waals surface area contributed by atoms with Gasteiger partial charge in [0.15, 0.2) is 5.82 Å². The highest BCUT2D eigenvalue weighted by Gasteiger charge is 2.52. The molecular weight excluding hydrogens is 869 g/mol. The van der Waals surface area contributed by atoms with Gasteiger partial charge in [-0.15, -0.1) is 0 Å². The molecule has 0 fully saturated rings. The van der Waals surface area contributed by atoms with Crippen LogP contribution in [0, 0.1) is 0 Å². The molecule has 1 aliphatic carbocycles. The summed E-state index contributed by atoms with van der Waals surface area (Å²) < 4.78 is 14.1. The molecule has 7 heterocycles. The van der Waals surface area contributed by atoms with Crippen molar-refractivity contribution in [3.63, 3.8) is 0 Å². The molecule has 1 unspecified atom stereocenters. The van der Waals surface area contributed by atoms with Gasteiger partial charge < -0.3 is 13.9 Å². The second-order valence-corrected chi connectivity index (χ2v) is 18.7. The van der Waals surface area contributed by atoms with Crippen molar-refractivity contribution in [2.24, 2.45) is 0 Å². The van der Waals surface area contributed by atoms with Crippen LogP contribution in [-0.4, -0.2) is 28.7 Å². The summed E-state index contributed by atoms with van der Waals surface area (Å²) in [6.45, 7) is 0. The molecule has 71 heavy (non-hydrogen) atoms. The van der Waals surface area contributed by atoms with Crippen LogP contribution in [0.1, 0.15) is 22.3 Å². The van der Waals surface area contributed by atoms with E-state index in [2.05, 4.69) is 220 Å². The molecule has 8 aromatic carbocycles. The molecule has 330 valence electrons. The largest absolute Gasteiger partial charge is 0.457 e. The Bertz CT molecular complexity index is 4490. The lowest BCUT2D eigenvalue weighted by Gasteiger charge is -2.39. The van der Waals surface area contributed by atoms with Crippen LogP contribution in [0.15, 0.2) is 231 Å². The number of nitrogens with zero attached hydrogens (tertiary/aromatic N) is 6. The maximum atomic E-state index is 7.01. The van der Waals surface area contributed by atoms with Crippen LogP contribution in [0.5, 0.6) is 11.5 Å². The van der Waals surface area contributed by atoms with Crippen molar-refractivity contribution in [1.82, 2.24) is 28.7 Å². The monoisotopic (exact) mass is 906 g/mol. The van der Waals surface area contributed by atoms with Gasteiger partial charge in [0.1, 0.15) is 11.5 Å². The van der Waals surface area contributed by atoms with Crippen LogP contribution in [0.4, 0.5) is 0 Å². The van der Waals surface area contributed by atoms with E-state index in [1.807, 2.05) is 24.7 Å². The van der Waals surface area contributed by atoms with Crippen LogP contribution < -0.4 is 4.74 Å². The van der Waals surface area contributed by atoms with Crippen molar-refractivity contribution in [2.45, 2.75) is 5.41 Å². The molecule has 1 atom stereocenters. The molecule has 16 rings (SSSR count). The van der Waals surface area contributed by atoms with Crippen LogP contribution >= 0.6 is 0 Å². The maximum Gasteiger partial charge on any atom is 0.162 e. The van der Waals surface area contributed by atoms with Crippen LogP contribution in [0.3, 0.4) is 0 Å². The summed E-state index contributed by atoms with van der Waals surface area (Å²) in [6.07, 6.45) is 5.80. The van der Waals surface area contributed by atoms with Crippen molar-refractivity contribution in [2.75, 3.05) is 0 Å². The first-order valence-corrected chi connectivity index (χ1v) is 24.1. The van der Waals surface area contributed by atoms with Crippen LogP contribution in [0.2, 0.25) is 0 Å². The predicted octanol–water partition coefficient (Wildman–Crippen LogP) is 15.3. The fourth-order valence-electron chi connectivity index (χ4n) is 12.4. The highest BCUT2D eigenvalue weighted by atomic mass is 16.5. The number of aromatic nitrogens is 6. The molecule has 2 aliphatic rings. The lowest BCUT2D eigenvalue weighted by Crippen LogP contribution is -2.32. The first-order chi connectivity index (χ1) is 35.2. The van der Waals surface area contributed by atoms with Gasteiger partial charge in [-0.05, 0) is 90.0 Å². The highest BCUT2D eigenvalue weighted by Crippen LogP contribution is 2.62. The van der Waals surface area contributed by atoms with Gasteiger partial charge >= 0.3 is 0 Å². The van der Waals surface area contributed by atoms with Gasteiger partial charge in [0.05, 0.1) is 55.6 Å². The second-order valence-electron chi connectivity index (χ2n) is 18.7. The van der Waals surface area contributed by atoms with Crippen molar-refractivity contribution < 1.29 is 4.74 Å². The minimum atomic E-state index is -0.755. The van der Waals surface area contributed by atoms with Crippen molar-refractivity contribution in [1.29, 1.82) is 0 Å². The topological polar surface area (TPSA) is 62.7 Å². The SMILES string of the molecule is c1ccc2c(c1)Oc1cc(-n3c4ccccc4c4ccccc43)ccc1C21c2cccnc2-c2ncc(-c3ccc4c(c3)c3ccccc3n4-c3cccnc3-n3c4ccccc4c4ccccc43)cc21. The molecule has 0 saturated heterocycles. The summed E-state index contributed by atoms with van der Waals surface area (Å²) in [5.41, 5.74) is 16.2. The number of para-hydroxylation sites is 6. The zero-order valence-corrected chi connectivity index (χ0v) is 38.0. The summed E-state index contributed by atoms with van der Waals surface area (Å²) >= 11 is 0. The average Bonchev–Trinajstić information content (AvgIpc) is 4.15. The van der Waals surface area contributed by atoms with Gasteiger partial charge in [0.25, 0.3) is 0 Å². The third-order valence-corrected chi connectivity index (χ3v) is 15.3. The molecule has 1 spiro atoms. The molecule has 0 N–H and O–H groups in total. The first kappa shape index (κ1) is 38.4. The Morgan fingerprint density at radius 1 is 0.338 bits per heavy atom. The maximum absolute atomic E-state index is 7.01. The average molecular weight is 907 g/mol. The number of hydrogen-bond acceptors (Lipinski definition) is 4. The lowest BCUT2D eigenvalue weighted by atomic mass is 9.66. The molecule has 0 bridgehead atoms. The Morgan fingerprint density at radius 3 is 1.58 bits per heavy atom. The molecule has 7 heteroatoms. The first-order valence-electron chi connectivity index (χ1n) is 24.1. The van der Waals surface area contributed by atoms with E-state index in [0.717, 1.165) is 117 Å². The van der Waals surface area contributed by atoms with E-state index in [1.54, 1.807) is 0 Å². The number of benzene rings is 8. The van der Waals surface area contributed by atoms with E-state index in [-0.39, 0.29) is 0 Å². The van der Waals surface area contributed by atoms with Crippen molar-refractivity contribution in [3.8, 4) is 51.2 Å². The Kier molecular flexibility index (Phi) is 7.69.